The number of aryl methyl sites for hydroxylation is 1. The Kier molecular flexibility index (Phi) is 6.44. The van der Waals surface area contributed by atoms with Gasteiger partial charge < -0.3 is 14.5 Å². The van der Waals surface area contributed by atoms with Crippen LogP contribution in [0.5, 0.6) is 0 Å². The summed E-state index contributed by atoms with van der Waals surface area (Å²) < 4.78 is 3.31. The van der Waals surface area contributed by atoms with Crippen LogP contribution >= 0.6 is 23.2 Å². The van der Waals surface area contributed by atoms with E-state index in [0.717, 1.165) is 11.1 Å². The van der Waals surface area contributed by atoms with Crippen LogP contribution in [-0.2, 0) is 13.6 Å². The Labute approximate surface area is 195 Å². The van der Waals surface area contributed by atoms with Crippen LogP contribution in [0.3, 0.4) is 0 Å². The van der Waals surface area contributed by atoms with Crippen molar-refractivity contribution in [2.75, 3.05) is 0 Å². The number of nitrogens with one attached hydrogen (secondary N) is 1. The monoisotopic (exact) mass is 466 g/mol. The fourth-order valence-corrected chi connectivity index (χ4v) is 3.74. The Morgan fingerprint density at radius 2 is 1.81 bits per heavy atom. The number of amides is 1. The molecule has 162 valence electrons. The first-order chi connectivity index (χ1) is 15.4. The summed E-state index contributed by atoms with van der Waals surface area (Å²) in [6.07, 6.45) is 5.03. The Morgan fingerprint density at radius 1 is 1.06 bits per heavy atom. The molecule has 0 bridgehead atoms. The standard InChI is InChI=1S/C24H20Cl2N4O2/c1-29-13-12-27-23(29)22(16-6-9-19(25)10-7-16)28-24(32)18-8-11-21(31)30(15-18)14-17-4-2-3-5-20(17)26/h2-13,15,22H,14H2,1H3,(H,28,32). The summed E-state index contributed by atoms with van der Waals surface area (Å²) in [6, 6.07) is 16.9. The molecule has 0 fully saturated rings. The highest BCUT2D eigenvalue weighted by Gasteiger charge is 2.22. The van der Waals surface area contributed by atoms with Crippen LogP contribution in [0.4, 0.5) is 0 Å². The molecule has 32 heavy (non-hydrogen) atoms. The van der Waals surface area contributed by atoms with E-state index in [1.165, 1.54) is 16.7 Å². The van der Waals surface area contributed by atoms with Crippen LogP contribution < -0.4 is 10.9 Å². The number of pyridine rings is 1. The third-order valence-corrected chi connectivity index (χ3v) is 5.76. The number of aromatic nitrogens is 3. The van der Waals surface area contributed by atoms with Crippen molar-refractivity contribution in [3.8, 4) is 0 Å². The fourth-order valence-electron chi connectivity index (χ4n) is 3.42. The van der Waals surface area contributed by atoms with Crippen molar-refractivity contribution in [2.24, 2.45) is 7.05 Å². The van der Waals surface area contributed by atoms with Gasteiger partial charge in [0.15, 0.2) is 0 Å². The average molecular weight is 467 g/mol. The molecule has 8 heteroatoms. The van der Waals surface area contributed by atoms with Gasteiger partial charge in [0, 0.05) is 41.7 Å². The lowest BCUT2D eigenvalue weighted by atomic mass is 10.1. The molecule has 0 spiro atoms. The van der Waals surface area contributed by atoms with Crippen molar-refractivity contribution in [1.82, 2.24) is 19.4 Å². The van der Waals surface area contributed by atoms with Crippen LogP contribution in [-0.4, -0.2) is 20.0 Å². The molecule has 1 N–H and O–H groups in total. The van der Waals surface area contributed by atoms with E-state index in [0.29, 0.717) is 21.4 Å². The number of imidazole rings is 1. The number of benzene rings is 2. The average Bonchev–Trinajstić information content (AvgIpc) is 3.21. The maximum Gasteiger partial charge on any atom is 0.253 e. The highest BCUT2D eigenvalue weighted by molar-refractivity contribution is 6.31. The molecule has 6 nitrogen and oxygen atoms in total. The molecule has 0 aliphatic rings. The van der Waals surface area contributed by atoms with Crippen molar-refractivity contribution in [2.45, 2.75) is 12.6 Å². The van der Waals surface area contributed by atoms with Crippen LogP contribution in [0.1, 0.15) is 33.4 Å². The smallest absolute Gasteiger partial charge is 0.253 e. The minimum absolute atomic E-state index is 0.222. The summed E-state index contributed by atoms with van der Waals surface area (Å²) in [5, 5.41) is 4.19. The van der Waals surface area contributed by atoms with E-state index in [2.05, 4.69) is 10.3 Å². The minimum Gasteiger partial charge on any atom is -0.338 e. The summed E-state index contributed by atoms with van der Waals surface area (Å²) in [5.41, 5.74) is 1.76. The highest BCUT2D eigenvalue weighted by Crippen LogP contribution is 2.23. The lowest BCUT2D eigenvalue weighted by molar-refractivity contribution is 0.0940. The van der Waals surface area contributed by atoms with Crippen molar-refractivity contribution in [3.05, 3.63) is 122 Å². The Hall–Kier alpha value is -3.35. The van der Waals surface area contributed by atoms with Gasteiger partial charge in [0.2, 0.25) is 0 Å². The molecule has 0 aliphatic carbocycles. The van der Waals surface area contributed by atoms with Gasteiger partial charge in [0.1, 0.15) is 11.9 Å². The van der Waals surface area contributed by atoms with Gasteiger partial charge in [-0.25, -0.2) is 4.98 Å². The summed E-state index contributed by atoms with van der Waals surface area (Å²) in [5.74, 6) is 0.339. The molecule has 4 aromatic rings. The third kappa shape index (κ3) is 4.77. The van der Waals surface area contributed by atoms with E-state index in [-0.39, 0.29) is 18.0 Å². The molecule has 1 unspecified atom stereocenters. The number of hydrogen-bond acceptors (Lipinski definition) is 3. The van der Waals surface area contributed by atoms with Crippen molar-refractivity contribution >= 4 is 29.1 Å². The summed E-state index contributed by atoms with van der Waals surface area (Å²) in [6.45, 7) is 0.263. The summed E-state index contributed by atoms with van der Waals surface area (Å²) >= 11 is 12.3. The summed E-state index contributed by atoms with van der Waals surface area (Å²) in [4.78, 5) is 30.0. The Balaban J connectivity index is 1.64. The van der Waals surface area contributed by atoms with Gasteiger partial charge in [-0.05, 0) is 35.4 Å². The van der Waals surface area contributed by atoms with Gasteiger partial charge in [-0.1, -0.05) is 53.5 Å². The predicted octanol–water partition coefficient (Wildman–Crippen LogP) is 4.46. The SMILES string of the molecule is Cn1ccnc1C(NC(=O)c1ccc(=O)n(Cc2ccccc2Cl)c1)c1ccc(Cl)cc1. The lowest BCUT2D eigenvalue weighted by Crippen LogP contribution is -2.32. The zero-order valence-electron chi connectivity index (χ0n) is 17.2. The van der Waals surface area contributed by atoms with Crippen LogP contribution in [0.2, 0.25) is 10.0 Å². The second-order valence-electron chi connectivity index (χ2n) is 7.33. The third-order valence-electron chi connectivity index (χ3n) is 5.14. The normalized spacial score (nSPS) is 11.8. The molecule has 1 atom stereocenters. The zero-order valence-corrected chi connectivity index (χ0v) is 18.7. The number of halogens is 2. The quantitative estimate of drug-likeness (QED) is 0.456. The number of rotatable bonds is 6. The van der Waals surface area contributed by atoms with Gasteiger partial charge in [-0.3, -0.25) is 9.59 Å². The van der Waals surface area contributed by atoms with Gasteiger partial charge in [-0.2, -0.15) is 0 Å². The van der Waals surface area contributed by atoms with Gasteiger partial charge in [0.25, 0.3) is 11.5 Å². The maximum atomic E-state index is 13.2. The first kappa shape index (κ1) is 21.9. The Morgan fingerprint density at radius 3 is 2.50 bits per heavy atom. The fraction of sp³-hybridized carbons (Fsp3) is 0.125. The predicted molar refractivity (Wildman–Crippen MR) is 125 cm³/mol. The number of hydrogen-bond donors (Lipinski definition) is 1. The van der Waals surface area contributed by atoms with E-state index in [9.17, 15) is 9.59 Å². The molecular weight excluding hydrogens is 447 g/mol. The van der Waals surface area contributed by atoms with E-state index in [1.807, 2.05) is 48.1 Å². The maximum absolute atomic E-state index is 13.2. The topological polar surface area (TPSA) is 68.9 Å². The molecule has 0 saturated carbocycles. The van der Waals surface area contributed by atoms with Gasteiger partial charge >= 0.3 is 0 Å². The second-order valence-corrected chi connectivity index (χ2v) is 8.17. The molecular formula is C24H20Cl2N4O2. The van der Waals surface area contributed by atoms with Crippen molar-refractivity contribution < 1.29 is 4.79 Å². The highest BCUT2D eigenvalue weighted by atomic mass is 35.5. The van der Waals surface area contributed by atoms with Crippen LogP contribution in [0.15, 0.2) is 84.0 Å². The molecule has 1 amide bonds. The minimum atomic E-state index is -0.497. The van der Waals surface area contributed by atoms with E-state index in [4.69, 9.17) is 23.2 Å². The second kappa shape index (κ2) is 9.42. The number of carbonyl (C=O) groups excluding carboxylic acids is 1. The lowest BCUT2D eigenvalue weighted by Gasteiger charge is -2.19. The zero-order chi connectivity index (χ0) is 22.7. The van der Waals surface area contributed by atoms with Crippen molar-refractivity contribution in [1.29, 1.82) is 0 Å². The van der Waals surface area contributed by atoms with E-state index in [1.54, 1.807) is 30.6 Å². The van der Waals surface area contributed by atoms with Crippen LogP contribution in [0.25, 0.3) is 0 Å². The van der Waals surface area contributed by atoms with Gasteiger partial charge in [0.05, 0.1) is 12.1 Å². The Bertz CT molecular complexity index is 1310. The molecule has 4 rings (SSSR count). The molecule has 2 heterocycles. The summed E-state index contributed by atoms with van der Waals surface area (Å²) in [7, 11) is 1.86. The molecule has 2 aromatic heterocycles. The number of nitrogens with zero attached hydrogens (tertiary/aromatic N) is 3. The van der Waals surface area contributed by atoms with Gasteiger partial charge in [-0.15, -0.1) is 0 Å². The van der Waals surface area contributed by atoms with E-state index < -0.39 is 6.04 Å². The van der Waals surface area contributed by atoms with E-state index >= 15 is 0 Å². The molecule has 0 saturated heterocycles. The number of carbonyl (C=O) groups is 1. The molecule has 0 aliphatic heterocycles. The van der Waals surface area contributed by atoms with Crippen molar-refractivity contribution in [3.63, 3.8) is 0 Å². The largest absolute Gasteiger partial charge is 0.338 e. The first-order valence-corrected chi connectivity index (χ1v) is 10.7. The first-order valence-electron chi connectivity index (χ1n) is 9.90. The molecule has 2 aromatic carbocycles. The molecule has 0 radical (unpaired) electrons. The van der Waals surface area contributed by atoms with Crippen LogP contribution in [0, 0.1) is 0 Å².